The van der Waals surface area contributed by atoms with Crippen molar-refractivity contribution in [1.29, 1.82) is 0 Å². The molecule has 4 aromatic rings. The second-order valence-corrected chi connectivity index (χ2v) is 10.7. The van der Waals surface area contributed by atoms with E-state index in [1.54, 1.807) is 6.07 Å². The predicted octanol–water partition coefficient (Wildman–Crippen LogP) is 5.05. The minimum absolute atomic E-state index is 0.0422. The number of aromatic nitrogens is 2. The van der Waals surface area contributed by atoms with Gasteiger partial charge in [0.2, 0.25) is 0 Å². The van der Waals surface area contributed by atoms with Gasteiger partial charge < -0.3 is 9.15 Å². The third-order valence-electron chi connectivity index (χ3n) is 6.65. The highest BCUT2D eigenvalue weighted by atomic mass is 32.2. The zero-order valence-corrected chi connectivity index (χ0v) is 20.6. The summed E-state index contributed by atoms with van der Waals surface area (Å²) in [6.45, 7) is 0. The molecule has 1 saturated carbocycles. The van der Waals surface area contributed by atoms with E-state index >= 15 is 4.39 Å². The first-order valence-electron chi connectivity index (χ1n) is 11.8. The highest BCUT2D eigenvalue weighted by Crippen LogP contribution is 2.33. The first-order chi connectivity index (χ1) is 17.4. The molecule has 0 radical (unpaired) electrons. The molecule has 1 N–H and O–H groups in total. The number of ether oxygens (including phenoxy) is 1. The van der Waals surface area contributed by atoms with Gasteiger partial charge in [0, 0.05) is 17.5 Å². The number of methoxy groups -OCH3 is 1. The highest BCUT2D eigenvalue weighted by molar-refractivity contribution is 7.92. The molecule has 0 aliphatic heterocycles. The molecule has 2 aromatic carbocycles. The van der Waals surface area contributed by atoms with Gasteiger partial charge in [-0.05, 0) is 48.2 Å². The van der Waals surface area contributed by atoms with Crippen LogP contribution in [0.15, 0.2) is 69.0 Å². The Balaban J connectivity index is 1.56. The van der Waals surface area contributed by atoms with Crippen LogP contribution in [-0.4, -0.2) is 25.1 Å². The van der Waals surface area contributed by atoms with Crippen LogP contribution >= 0.6 is 0 Å². The van der Waals surface area contributed by atoms with Gasteiger partial charge in [0.25, 0.3) is 15.6 Å². The number of nitrogens with one attached hydrogen (secondary N) is 1. The van der Waals surface area contributed by atoms with Crippen LogP contribution in [0.3, 0.4) is 0 Å². The largest absolute Gasteiger partial charge is 0.495 e. The number of pyridine rings is 1. The smallest absolute Gasteiger partial charge is 0.308 e. The Morgan fingerprint density at radius 1 is 1.14 bits per heavy atom. The molecule has 10 heteroatoms. The first kappa shape index (κ1) is 24.1. The molecule has 5 rings (SSSR count). The monoisotopic (exact) mass is 511 g/mol. The standard InChI is InChI=1S/C26H26FN3O5S/c1-34-24-15-19(13-17-5-3-2-4-6-17)21(27)16-23(24)30-22-9-8-20(14-18(22)7-10-25(30)31)36(32,33)29-26-28-11-12-35-26/h7-12,14-17H,2-6,13H2,1H3,(H,28,29). The predicted molar refractivity (Wildman–Crippen MR) is 134 cm³/mol. The van der Waals surface area contributed by atoms with Crippen molar-refractivity contribution in [2.24, 2.45) is 5.92 Å². The number of rotatable bonds is 7. The average molecular weight is 512 g/mol. The maximum absolute atomic E-state index is 15.3. The molecule has 188 valence electrons. The lowest BCUT2D eigenvalue weighted by Gasteiger charge is -2.22. The van der Waals surface area contributed by atoms with E-state index < -0.39 is 21.4 Å². The summed E-state index contributed by atoms with van der Waals surface area (Å²) in [5.41, 5.74) is 0.845. The Hall–Kier alpha value is -3.66. The number of anilines is 1. The SMILES string of the molecule is COc1cc(CC2CCCCC2)c(F)cc1-n1c(=O)ccc2cc(S(=O)(=O)Nc3ncco3)ccc21. The number of hydrogen-bond acceptors (Lipinski definition) is 6. The van der Waals surface area contributed by atoms with Crippen molar-refractivity contribution in [2.75, 3.05) is 11.8 Å². The summed E-state index contributed by atoms with van der Waals surface area (Å²) in [6.07, 6.45) is 8.94. The van der Waals surface area contributed by atoms with Crippen molar-refractivity contribution in [2.45, 2.75) is 43.4 Å². The Morgan fingerprint density at radius 3 is 2.67 bits per heavy atom. The fraction of sp³-hybridized carbons (Fsp3) is 0.308. The van der Waals surface area contributed by atoms with Crippen molar-refractivity contribution >= 4 is 26.9 Å². The molecule has 8 nitrogen and oxygen atoms in total. The maximum Gasteiger partial charge on any atom is 0.308 e. The van der Waals surface area contributed by atoms with Crippen molar-refractivity contribution in [3.05, 3.63) is 76.7 Å². The number of nitrogens with zero attached hydrogens (tertiary/aromatic N) is 2. The van der Waals surface area contributed by atoms with Gasteiger partial charge in [0.05, 0.1) is 29.4 Å². The van der Waals surface area contributed by atoms with Gasteiger partial charge in [0.15, 0.2) is 0 Å². The molecular weight excluding hydrogens is 485 g/mol. The molecule has 2 heterocycles. The quantitative estimate of drug-likeness (QED) is 0.372. The van der Waals surface area contributed by atoms with Crippen LogP contribution in [0.4, 0.5) is 10.4 Å². The maximum atomic E-state index is 15.3. The van der Waals surface area contributed by atoms with E-state index in [9.17, 15) is 13.2 Å². The molecule has 0 bridgehead atoms. The van der Waals surface area contributed by atoms with Gasteiger partial charge in [-0.1, -0.05) is 32.1 Å². The number of sulfonamides is 1. The highest BCUT2D eigenvalue weighted by Gasteiger charge is 2.21. The van der Waals surface area contributed by atoms with E-state index in [2.05, 4.69) is 9.71 Å². The van der Waals surface area contributed by atoms with Crippen LogP contribution in [0.2, 0.25) is 0 Å². The molecule has 2 aromatic heterocycles. The zero-order valence-electron chi connectivity index (χ0n) is 19.7. The van der Waals surface area contributed by atoms with E-state index in [0.29, 0.717) is 34.6 Å². The van der Waals surface area contributed by atoms with E-state index in [0.717, 1.165) is 25.7 Å². The fourth-order valence-electron chi connectivity index (χ4n) is 4.87. The van der Waals surface area contributed by atoms with E-state index in [1.165, 1.54) is 67.0 Å². The molecule has 36 heavy (non-hydrogen) atoms. The number of halogens is 1. The summed E-state index contributed by atoms with van der Waals surface area (Å²) < 4.78 is 54.9. The van der Waals surface area contributed by atoms with Crippen molar-refractivity contribution in [3.63, 3.8) is 0 Å². The third kappa shape index (κ3) is 4.73. The molecular formula is C26H26FN3O5S. The first-order valence-corrected chi connectivity index (χ1v) is 13.3. The molecule has 1 fully saturated rings. The van der Waals surface area contributed by atoms with Crippen LogP contribution < -0.4 is 15.0 Å². The van der Waals surface area contributed by atoms with Gasteiger partial charge in [-0.3, -0.25) is 9.36 Å². The number of oxazole rings is 1. The van der Waals surface area contributed by atoms with Gasteiger partial charge >= 0.3 is 6.01 Å². The minimum Gasteiger partial charge on any atom is -0.495 e. The number of hydrogen-bond donors (Lipinski definition) is 1. The average Bonchev–Trinajstić information content (AvgIpc) is 3.38. The van der Waals surface area contributed by atoms with Gasteiger partial charge in [-0.15, -0.1) is 0 Å². The summed E-state index contributed by atoms with van der Waals surface area (Å²) in [5.74, 6) is 0.420. The van der Waals surface area contributed by atoms with Crippen molar-refractivity contribution < 1.29 is 22.0 Å². The van der Waals surface area contributed by atoms with Crippen LogP contribution in [0, 0.1) is 11.7 Å². The Kier molecular flexibility index (Phi) is 6.53. The molecule has 0 amide bonds. The topological polar surface area (TPSA) is 103 Å². The van der Waals surface area contributed by atoms with Crippen LogP contribution in [0.5, 0.6) is 5.75 Å². The Morgan fingerprint density at radius 2 is 1.94 bits per heavy atom. The summed E-state index contributed by atoms with van der Waals surface area (Å²) in [5, 5.41) is 0.471. The van der Waals surface area contributed by atoms with Crippen molar-refractivity contribution in [3.8, 4) is 11.4 Å². The molecule has 0 spiro atoms. The lowest BCUT2D eigenvalue weighted by Crippen LogP contribution is -2.19. The summed E-state index contributed by atoms with van der Waals surface area (Å²) in [4.78, 5) is 16.7. The van der Waals surface area contributed by atoms with Crippen molar-refractivity contribution in [1.82, 2.24) is 9.55 Å². The third-order valence-corrected chi connectivity index (χ3v) is 7.97. The normalized spacial score (nSPS) is 14.7. The van der Waals surface area contributed by atoms with Crippen LogP contribution in [0.1, 0.15) is 37.7 Å². The molecule has 0 unspecified atom stereocenters. The van der Waals surface area contributed by atoms with Crippen LogP contribution in [-0.2, 0) is 16.4 Å². The molecule has 0 atom stereocenters. The van der Waals surface area contributed by atoms with Gasteiger partial charge in [-0.2, -0.15) is 0 Å². The lowest BCUT2D eigenvalue weighted by molar-refractivity contribution is 0.351. The van der Waals surface area contributed by atoms with Gasteiger partial charge in [-0.25, -0.2) is 22.5 Å². The Labute approximate surface area is 207 Å². The minimum atomic E-state index is -3.98. The lowest BCUT2D eigenvalue weighted by atomic mass is 9.84. The number of benzene rings is 2. The Bertz CT molecular complexity index is 1560. The van der Waals surface area contributed by atoms with E-state index in [1.807, 2.05) is 0 Å². The van der Waals surface area contributed by atoms with Gasteiger partial charge in [0.1, 0.15) is 17.8 Å². The van der Waals surface area contributed by atoms with Crippen LogP contribution in [0.25, 0.3) is 16.6 Å². The molecule has 0 saturated heterocycles. The fourth-order valence-corrected chi connectivity index (χ4v) is 5.85. The summed E-state index contributed by atoms with van der Waals surface area (Å²) in [6, 6.07) is 9.98. The molecule has 1 aliphatic rings. The number of fused-ring (bicyclic) bond motifs is 1. The zero-order chi connectivity index (χ0) is 25.3. The van der Waals surface area contributed by atoms with E-state index in [4.69, 9.17) is 9.15 Å². The summed E-state index contributed by atoms with van der Waals surface area (Å²) in [7, 11) is -2.50. The second-order valence-electron chi connectivity index (χ2n) is 8.99. The molecule has 1 aliphatic carbocycles. The van der Waals surface area contributed by atoms with E-state index in [-0.39, 0.29) is 16.6 Å². The second kappa shape index (κ2) is 9.77. The summed E-state index contributed by atoms with van der Waals surface area (Å²) >= 11 is 0.